The van der Waals surface area contributed by atoms with Crippen LogP contribution in [0.2, 0.25) is 0 Å². The molecule has 0 aliphatic carbocycles. The highest BCUT2D eigenvalue weighted by Gasteiger charge is 2.20. The van der Waals surface area contributed by atoms with Crippen molar-refractivity contribution in [1.82, 2.24) is 0 Å². The van der Waals surface area contributed by atoms with E-state index in [0.717, 1.165) is 0 Å². The van der Waals surface area contributed by atoms with E-state index in [1.54, 1.807) is 19.2 Å². The lowest BCUT2D eigenvalue weighted by Gasteiger charge is -2.16. The second kappa shape index (κ2) is 3.29. The van der Waals surface area contributed by atoms with Crippen molar-refractivity contribution in [2.45, 2.75) is 6.42 Å². The van der Waals surface area contributed by atoms with Crippen LogP contribution in [-0.4, -0.2) is 19.5 Å². The van der Waals surface area contributed by atoms with Gasteiger partial charge in [-0.25, -0.2) is 4.39 Å². The summed E-state index contributed by atoms with van der Waals surface area (Å²) in [5, 5.41) is 2.92. The Bertz CT molecular complexity index is 378. The molecule has 0 atom stereocenters. The van der Waals surface area contributed by atoms with Crippen molar-refractivity contribution in [1.29, 1.82) is 0 Å². The molecule has 2 rings (SSSR count). The second-order valence-electron chi connectivity index (χ2n) is 3.26. The number of carbonyl (C=O) groups is 1. The summed E-state index contributed by atoms with van der Waals surface area (Å²) >= 11 is 0. The quantitative estimate of drug-likeness (QED) is 0.680. The number of fused-ring (bicyclic) bond motifs is 1. The van der Waals surface area contributed by atoms with E-state index in [-0.39, 0.29) is 11.7 Å². The minimum atomic E-state index is -0.316. The molecule has 1 heterocycles. The van der Waals surface area contributed by atoms with E-state index in [1.807, 2.05) is 0 Å². The molecule has 14 heavy (non-hydrogen) atoms. The van der Waals surface area contributed by atoms with Crippen molar-refractivity contribution in [3.05, 3.63) is 24.0 Å². The van der Waals surface area contributed by atoms with Gasteiger partial charge in [0.15, 0.2) is 0 Å². The molecular weight excluding hydrogens is 183 g/mol. The molecule has 4 heteroatoms. The van der Waals surface area contributed by atoms with Gasteiger partial charge in [0.05, 0.1) is 11.4 Å². The van der Waals surface area contributed by atoms with Gasteiger partial charge in [-0.2, -0.15) is 0 Å². The highest BCUT2D eigenvalue weighted by atomic mass is 19.1. The van der Waals surface area contributed by atoms with Gasteiger partial charge in [-0.1, -0.05) is 6.07 Å². The minimum Gasteiger partial charge on any atom is -0.380 e. The molecule has 1 N–H and O–H groups in total. The van der Waals surface area contributed by atoms with Crippen LogP contribution in [0.5, 0.6) is 0 Å². The average molecular weight is 194 g/mol. The zero-order valence-electron chi connectivity index (χ0n) is 7.88. The van der Waals surface area contributed by atoms with E-state index < -0.39 is 0 Å². The topological polar surface area (TPSA) is 32.3 Å². The van der Waals surface area contributed by atoms with Crippen molar-refractivity contribution in [3.8, 4) is 0 Å². The van der Waals surface area contributed by atoms with Gasteiger partial charge in [-0.15, -0.1) is 0 Å². The highest BCUT2D eigenvalue weighted by molar-refractivity contribution is 5.97. The molecule has 1 aliphatic heterocycles. The SMILES string of the molecule is CN1C(=O)CCNc2c(F)cccc21. The summed E-state index contributed by atoms with van der Waals surface area (Å²) in [5.41, 5.74) is 1.02. The van der Waals surface area contributed by atoms with E-state index in [9.17, 15) is 9.18 Å². The van der Waals surface area contributed by atoms with Crippen molar-refractivity contribution in [2.75, 3.05) is 23.8 Å². The first-order valence-electron chi connectivity index (χ1n) is 4.49. The highest BCUT2D eigenvalue weighted by Crippen LogP contribution is 2.29. The monoisotopic (exact) mass is 194 g/mol. The fourth-order valence-electron chi connectivity index (χ4n) is 1.56. The lowest BCUT2D eigenvalue weighted by molar-refractivity contribution is -0.118. The third kappa shape index (κ3) is 1.32. The molecule has 1 aliphatic rings. The summed E-state index contributed by atoms with van der Waals surface area (Å²) < 4.78 is 13.4. The van der Waals surface area contributed by atoms with E-state index in [4.69, 9.17) is 0 Å². The predicted molar refractivity (Wildman–Crippen MR) is 52.9 cm³/mol. The van der Waals surface area contributed by atoms with Crippen molar-refractivity contribution < 1.29 is 9.18 Å². The third-order valence-electron chi connectivity index (χ3n) is 2.37. The number of halogens is 1. The number of anilines is 2. The minimum absolute atomic E-state index is 0.00171. The second-order valence-corrected chi connectivity index (χ2v) is 3.26. The van der Waals surface area contributed by atoms with Gasteiger partial charge in [-0.05, 0) is 12.1 Å². The molecule has 0 fully saturated rings. The third-order valence-corrected chi connectivity index (χ3v) is 2.37. The summed E-state index contributed by atoms with van der Waals surface area (Å²) in [7, 11) is 1.66. The van der Waals surface area contributed by atoms with Crippen LogP contribution in [-0.2, 0) is 4.79 Å². The molecule has 0 saturated carbocycles. The number of hydrogen-bond donors (Lipinski definition) is 1. The maximum atomic E-state index is 13.4. The number of amides is 1. The van der Waals surface area contributed by atoms with Crippen LogP contribution in [0.1, 0.15) is 6.42 Å². The van der Waals surface area contributed by atoms with Crippen molar-refractivity contribution in [3.63, 3.8) is 0 Å². The van der Waals surface area contributed by atoms with Gasteiger partial charge in [0.1, 0.15) is 5.82 Å². The number of nitrogens with one attached hydrogen (secondary N) is 1. The van der Waals surface area contributed by atoms with Crippen LogP contribution in [0.3, 0.4) is 0 Å². The molecule has 0 saturated heterocycles. The Kier molecular flexibility index (Phi) is 2.11. The van der Waals surface area contributed by atoms with Gasteiger partial charge in [0.2, 0.25) is 5.91 Å². The van der Waals surface area contributed by atoms with Gasteiger partial charge < -0.3 is 10.2 Å². The maximum Gasteiger partial charge on any atom is 0.228 e. The first kappa shape index (κ1) is 8.99. The Balaban J connectivity index is 2.53. The Hall–Kier alpha value is -1.58. The van der Waals surface area contributed by atoms with Crippen LogP contribution in [0, 0.1) is 5.82 Å². The molecule has 0 spiro atoms. The Morgan fingerprint density at radius 2 is 2.29 bits per heavy atom. The average Bonchev–Trinajstić information content (AvgIpc) is 2.31. The number of carbonyl (C=O) groups excluding carboxylic acids is 1. The molecule has 0 aromatic heterocycles. The first-order chi connectivity index (χ1) is 6.70. The van der Waals surface area contributed by atoms with E-state index in [0.29, 0.717) is 24.3 Å². The lowest BCUT2D eigenvalue weighted by Crippen LogP contribution is -2.25. The summed E-state index contributed by atoms with van der Waals surface area (Å²) in [6, 6.07) is 4.72. The molecule has 3 nitrogen and oxygen atoms in total. The summed E-state index contributed by atoms with van der Waals surface area (Å²) in [4.78, 5) is 12.9. The molecule has 0 unspecified atom stereocenters. The smallest absolute Gasteiger partial charge is 0.228 e. The van der Waals surface area contributed by atoms with E-state index in [2.05, 4.69) is 5.32 Å². The lowest BCUT2D eigenvalue weighted by atomic mass is 10.2. The van der Waals surface area contributed by atoms with Gasteiger partial charge in [0.25, 0.3) is 0 Å². The molecule has 0 bridgehead atoms. The van der Waals surface area contributed by atoms with Crippen LogP contribution in [0.15, 0.2) is 18.2 Å². The Morgan fingerprint density at radius 3 is 3.07 bits per heavy atom. The Morgan fingerprint density at radius 1 is 1.50 bits per heavy atom. The van der Waals surface area contributed by atoms with E-state index in [1.165, 1.54) is 11.0 Å². The molecular formula is C10H11FN2O. The Labute approximate surface area is 81.5 Å². The zero-order chi connectivity index (χ0) is 10.1. The molecule has 1 aromatic carbocycles. The number of para-hydroxylation sites is 1. The summed E-state index contributed by atoms with van der Waals surface area (Å²) in [6.07, 6.45) is 0.393. The normalized spacial score (nSPS) is 15.9. The number of rotatable bonds is 0. The number of nitrogens with zero attached hydrogens (tertiary/aromatic N) is 1. The fraction of sp³-hybridized carbons (Fsp3) is 0.300. The van der Waals surface area contributed by atoms with E-state index >= 15 is 0 Å². The van der Waals surface area contributed by atoms with Crippen LogP contribution < -0.4 is 10.2 Å². The van der Waals surface area contributed by atoms with Crippen LogP contribution in [0.4, 0.5) is 15.8 Å². The first-order valence-corrected chi connectivity index (χ1v) is 4.49. The maximum absolute atomic E-state index is 13.4. The van der Waals surface area contributed by atoms with Crippen molar-refractivity contribution >= 4 is 17.3 Å². The molecule has 1 aromatic rings. The van der Waals surface area contributed by atoms with Gasteiger partial charge >= 0.3 is 0 Å². The predicted octanol–water partition coefficient (Wildman–Crippen LogP) is 1.60. The van der Waals surface area contributed by atoms with Gasteiger partial charge in [-0.3, -0.25) is 4.79 Å². The summed E-state index contributed by atoms with van der Waals surface area (Å²) in [6.45, 7) is 0.483. The van der Waals surface area contributed by atoms with Gasteiger partial charge in [0, 0.05) is 20.0 Å². The van der Waals surface area contributed by atoms with Crippen molar-refractivity contribution in [2.24, 2.45) is 0 Å². The molecule has 74 valence electrons. The zero-order valence-corrected chi connectivity index (χ0v) is 7.88. The fourth-order valence-corrected chi connectivity index (χ4v) is 1.56. The summed E-state index contributed by atoms with van der Waals surface area (Å²) in [5.74, 6) is -0.314. The largest absolute Gasteiger partial charge is 0.380 e. The standard InChI is InChI=1S/C10H11FN2O/c1-13-8-4-2-3-7(11)10(8)12-6-5-9(13)14/h2-4,12H,5-6H2,1H3. The van der Waals surface area contributed by atoms with Crippen LogP contribution in [0.25, 0.3) is 0 Å². The number of hydrogen-bond acceptors (Lipinski definition) is 2. The molecule has 1 amide bonds. The van der Waals surface area contributed by atoms with Crippen LogP contribution >= 0.6 is 0 Å². The molecule has 0 radical (unpaired) electrons. The number of benzene rings is 1.